The van der Waals surface area contributed by atoms with Crippen molar-refractivity contribution in [3.63, 3.8) is 0 Å². The van der Waals surface area contributed by atoms with Crippen LogP contribution in [0.2, 0.25) is 8.67 Å². The third kappa shape index (κ3) is 3.86. The minimum absolute atomic E-state index is 0.00688. The summed E-state index contributed by atoms with van der Waals surface area (Å²) >= 11 is 12.9. The Balaban J connectivity index is 2.15. The van der Waals surface area contributed by atoms with Gasteiger partial charge in [-0.3, -0.25) is 0 Å². The fourth-order valence-electron chi connectivity index (χ4n) is 2.91. The fourth-order valence-corrected chi connectivity index (χ4v) is 9.88. The molecule has 4 aromatic rings. The Morgan fingerprint density at radius 2 is 1.55 bits per heavy atom. The number of fused-ring (bicyclic) bond motifs is 1. The van der Waals surface area contributed by atoms with Crippen molar-refractivity contribution in [2.75, 3.05) is 3.71 Å². The molecule has 0 unspecified atom stereocenters. The lowest BCUT2D eigenvalue weighted by Crippen LogP contribution is -2.37. The van der Waals surface area contributed by atoms with Crippen LogP contribution in [0.5, 0.6) is 0 Å². The number of rotatable bonds is 5. The molecule has 1 aromatic carbocycles. The molecular formula is C17H8Cl2N4O6S4. The van der Waals surface area contributed by atoms with Crippen molar-refractivity contribution < 1.29 is 26.7 Å². The molecule has 1 N–H and O–H groups in total. The van der Waals surface area contributed by atoms with Gasteiger partial charge >= 0.3 is 6.09 Å². The normalized spacial score (nSPS) is 12.0. The van der Waals surface area contributed by atoms with Crippen LogP contribution >= 0.6 is 45.9 Å². The van der Waals surface area contributed by atoms with Crippen molar-refractivity contribution in [3.05, 3.63) is 56.7 Å². The monoisotopic (exact) mass is 562 g/mol. The molecule has 0 aliphatic carbocycles. The van der Waals surface area contributed by atoms with Gasteiger partial charge in [0, 0.05) is 0 Å². The molecule has 33 heavy (non-hydrogen) atoms. The summed E-state index contributed by atoms with van der Waals surface area (Å²) in [6.07, 6.45) is -1.62. The van der Waals surface area contributed by atoms with E-state index in [0.29, 0.717) is 27.4 Å². The van der Waals surface area contributed by atoms with E-state index in [9.17, 15) is 32.0 Å². The average Bonchev–Trinajstić information content (AvgIpc) is 3.47. The first kappa shape index (κ1) is 23.5. The van der Waals surface area contributed by atoms with Crippen LogP contribution in [-0.4, -0.2) is 37.8 Å². The first-order valence-electron chi connectivity index (χ1n) is 8.45. The predicted molar refractivity (Wildman–Crippen MR) is 123 cm³/mol. The molecule has 0 amide bonds. The molecule has 0 aliphatic heterocycles. The second-order valence-electron chi connectivity index (χ2n) is 6.15. The van der Waals surface area contributed by atoms with Gasteiger partial charge in [0.05, 0.1) is 31.2 Å². The minimum Gasteiger partial charge on any atom is -0.463 e. The fraction of sp³-hybridized carbons (Fsp3) is 0. The number of aromatic nitrogens is 2. The zero-order chi connectivity index (χ0) is 24.1. The van der Waals surface area contributed by atoms with Gasteiger partial charge in [0.25, 0.3) is 20.0 Å². The number of benzene rings is 1. The number of carboxylic acid groups (broad SMARTS) is 1. The van der Waals surface area contributed by atoms with Gasteiger partial charge in [-0.15, -0.1) is 31.5 Å². The number of anilines is 1. The van der Waals surface area contributed by atoms with E-state index in [1.54, 1.807) is 0 Å². The molecule has 0 aliphatic rings. The van der Waals surface area contributed by atoms with Crippen molar-refractivity contribution in [1.82, 2.24) is 9.78 Å². The van der Waals surface area contributed by atoms with Crippen LogP contribution in [0.1, 0.15) is 5.56 Å². The number of sulfonamides is 2. The standard InChI is InChI=1S/C17H8Cl2N4O6S4/c18-11-4-6-13(30-11)32(26,27)23(33(28,29)14-7-5-12(19)31-14)16-15-9(8-20)2-1-3-10(15)22(21-16)17(24)25/h1-7H,(H,24,25). The summed E-state index contributed by atoms with van der Waals surface area (Å²) in [7, 11) is -9.79. The zero-order valence-corrected chi connectivity index (χ0v) is 20.5. The van der Waals surface area contributed by atoms with Gasteiger partial charge in [-0.2, -0.15) is 26.8 Å². The van der Waals surface area contributed by atoms with Crippen LogP contribution in [-0.2, 0) is 20.0 Å². The molecule has 0 saturated heterocycles. The van der Waals surface area contributed by atoms with Crippen LogP contribution in [0.4, 0.5) is 10.6 Å². The summed E-state index contributed by atoms with van der Waals surface area (Å²) in [6.45, 7) is 0. The number of thiophene rings is 2. The topological polar surface area (TPSA) is 150 Å². The van der Waals surface area contributed by atoms with E-state index in [1.807, 2.05) is 6.07 Å². The Morgan fingerprint density at radius 3 is 1.97 bits per heavy atom. The van der Waals surface area contributed by atoms with E-state index in [0.717, 1.165) is 12.1 Å². The third-order valence-corrected chi connectivity index (χ3v) is 11.7. The Hall–Kier alpha value is -2.67. The quantitative estimate of drug-likeness (QED) is 0.374. The maximum absolute atomic E-state index is 13.6. The van der Waals surface area contributed by atoms with E-state index in [1.165, 1.54) is 30.3 Å². The smallest absolute Gasteiger partial charge is 0.432 e. The van der Waals surface area contributed by atoms with Crippen LogP contribution in [0.3, 0.4) is 0 Å². The van der Waals surface area contributed by atoms with Gasteiger partial charge in [-0.1, -0.05) is 29.3 Å². The van der Waals surface area contributed by atoms with E-state index in [-0.39, 0.29) is 28.8 Å². The Bertz CT molecular complexity index is 1610. The highest BCUT2D eigenvalue weighted by Gasteiger charge is 2.42. The molecule has 0 bridgehead atoms. The maximum Gasteiger partial charge on any atom is 0.432 e. The highest BCUT2D eigenvalue weighted by Crippen LogP contribution is 2.40. The second kappa shape index (κ2) is 8.28. The molecule has 4 rings (SSSR count). The van der Waals surface area contributed by atoms with Crippen molar-refractivity contribution in [1.29, 1.82) is 5.26 Å². The van der Waals surface area contributed by atoms with E-state index >= 15 is 0 Å². The Kier molecular flexibility index (Phi) is 5.89. The highest BCUT2D eigenvalue weighted by atomic mass is 35.5. The molecule has 0 atom stereocenters. The molecule has 0 spiro atoms. The number of carbonyl (C=O) groups is 1. The molecule has 170 valence electrons. The molecule has 3 aromatic heterocycles. The number of halogens is 2. The molecular weight excluding hydrogens is 555 g/mol. The Labute approximate surface area is 204 Å². The summed E-state index contributed by atoms with van der Waals surface area (Å²) in [5.74, 6) is -0.779. The van der Waals surface area contributed by atoms with Crippen molar-refractivity contribution in [3.8, 4) is 6.07 Å². The Morgan fingerprint density at radius 1 is 1.00 bits per heavy atom. The van der Waals surface area contributed by atoms with Gasteiger partial charge in [-0.25, -0.2) is 4.79 Å². The van der Waals surface area contributed by atoms with E-state index in [2.05, 4.69) is 5.10 Å². The van der Waals surface area contributed by atoms with Crippen molar-refractivity contribution >= 4 is 88.7 Å². The van der Waals surface area contributed by atoms with E-state index < -0.39 is 40.4 Å². The lowest BCUT2D eigenvalue weighted by atomic mass is 10.1. The van der Waals surface area contributed by atoms with Gasteiger partial charge in [0.2, 0.25) is 0 Å². The molecule has 0 fully saturated rings. The lowest BCUT2D eigenvalue weighted by Gasteiger charge is -2.20. The van der Waals surface area contributed by atoms with Crippen LogP contribution < -0.4 is 3.71 Å². The highest BCUT2D eigenvalue weighted by molar-refractivity contribution is 8.11. The molecule has 0 saturated carbocycles. The van der Waals surface area contributed by atoms with Gasteiger partial charge in [-0.05, 0) is 36.4 Å². The second-order valence-corrected chi connectivity index (χ2v) is 13.8. The van der Waals surface area contributed by atoms with Crippen molar-refractivity contribution in [2.24, 2.45) is 0 Å². The summed E-state index contributed by atoms with van der Waals surface area (Å²) in [4.78, 5) is 11.8. The largest absolute Gasteiger partial charge is 0.463 e. The molecule has 16 heteroatoms. The van der Waals surface area contributed by atoms with Crippen LogP contribution in [0.25, 0.3) is 10.9 Å². The maximum atomic E-state index is 13.6. The summed E-state index contributed by atoms with van der Waals surface area (Å²) < 4.78 is 54.0. The van der Waals surface area contributed by atoms with Gasteiger partial charge < -0.3 is 5.11 Å². The number of nitrogens with zero attached hydrogens (tertiary/aromatic N) is 4. The lowest BCUT2D eigenvalue weighted by molar-refractivity contribution is 0.194. The number of hydrogen-bond donors (Lipinski definition) is 1. The average molecular weight is 563 g/mol. The minimum atomic E-state index is -4.89. The number of nitriles is 1. The first-order valence-corrected chi connectivity index (χ1v) is 13.7. The van der Waals surface area contributed by atoms with Gasteiger partial charge in [0.1, 0.15) is 8.42 Å². The van der Waals surface area contributed by atoms with Crippen LogP contribution in [0, 0.1) is 11.3 Å². The third-order valence-electron chi connectivity index (χ3n) is 4.21. The van der Waals surface area contributed by atoms with Crippen LogP contribution in [0.15, 0.2) is 50.9 Å². The predicted octanol–water partition coefficient (Wildman–Crippen LogP) is 4.45. The van der Waals surface area contributed by atoms with Crippen molar-refractivity contribution in [2.45, 2.75) is 8.42 Å². The SMILES string of the molecule is N#Cc1cccc2c1c(N(S(=O)(=O)c1ccc(Cl)s1)S(=O)(=O)c1ccc(Cl)s1)nn2C(=O)O. The first-order chi connectivity index (χ1) is 15.5. The molecule has 10 nitrogen and oxygen atoms in total. The molecule has 3 heterocycles. The number of hydrogen-bond acceptors (Lipinski definition) is 9. The van der Waals surface area contributed by atoms with E-state index in [4.69, 9.17) is 23.2 Å². The summed E-state index contributed by atoms with van der Waals surface area (Å²) in [5, 5.41) is 22.6. The molecule has 0 radical (unpaired) electrons. The summed E-state index contributed by atoms with van der Waals surface area (Å²) in [6, 6.07) is 10.5. The van der Waals surface area contributed by atoms with Gasteiger partial charge in [0.15, 0.2) is 5.82 Å². The zero-order valence-electron chi connectivity index (χ0n) is 15.7. The summed E-state index contributed by atoms with van der Waals surface area (Å²) in [5.41, 5.74) is -0.362.